The quantitative estimate of drug-likeness (QED) is 0.229. The number of thiophene rings is 1. The third kappa shape index (κ3) is 6.45. The Labute approximate surface area is 248 Å². The van der Waals surface area contributed by atoms with Gasteiger partial charge in [-0.2, -0.15) is 18.3 Å². The summed E-state index contributed by atoms with van der Waals surface area (Å²) in [5.41, 5.74) is 7.71. The van der Waals surface area contributed by atoms with E-state index in [1.165, 1.54) is 23.5 Å². The first-order valence-electron chi connectivity index (χ1n) is 12.8. The minimum absolute atomic E-state index is 0.0551. The van der Waals surface area contributed by atoms with Crippen LogP contribution < -0.4 is 10.7 Å². The molecule has 0 radical (unpaired) electrons. The number of hydrogen-bond acceptors (Lipinski definition) is 5. The monoisotopic (exact) mass is 617 g/mol. The molecule has 2 aromatic heterocycles. The molecule has 41 heavy (non-hydrogen) atoms. The van der Waals surface area contributed by atoms with Crippen molar-refractivity contribution in [2.75, 3.05) is 18.1 Å². The lowest BCUT2D eigenvalue weighted by molar-refractivity contribution is -0.137. The summed E-state index contributed by atoms with van der Waals surface area (Å²) >= 11 is 14.0. The maximum atomic E-state index is 14.0. The summed E-state index contributed by atoms with van der Waals surface area (Å²) in [5, 5.41) is 11.7. The lowest BCUT2D eigenvalue weighted by atomic mass is 10.1. The van der Waals surface area contributed by atoms with E-state index >= 15 is 0 Å². The summed E-state index contributed by atoms with van der Waals surface area (Å²) in [6.07, 6.45) is -1.44. The lowest BCUT2D eigenvalue weighted by Gasteiger charge is -2.37. The molecule has 3 heterocycles. The fourth-order valence-corrected chi connectivity index (χ4v) is 5.95. The Bertz CT molecular complexity index is 1620. The van der Waals surface area contributed by atoms with Gasteiger partial charge in [-0.15, -0.1) is 11.3 Å². The van der Waals surface area contributed by atoms with Crippen LogP contribution in [0, 0.1) is 11.8 Å². The number of hydrogen-bond donors (Lipinski definition) is 2. The smallest absolute Gasteiger partial charge is 0.326 e. The number of benzene rings is 2. The van der Waals surface area contributed by atoms with E-state index in [1.807, 2.05) is 11.1 Å². The van der Waals surface area contributed by atoms with Gasteiger partial charge in [0, 0.05) is 35.8 Å². The van der Waals surface area contributed by atoms with E-state index in [2.05, 4.69) is 22.0 Å². The van der Waals surface area contributed by atoms with Gasteiger partial charge < -0.3 is 5.73 Å². The standard InChI is InChI=1S/C29H24Cl2F3N5OS/c30-20-9-12-24(23(31)16-20)39(38-14-2-1-3-15-38)28(40)27-22(17-35)26(36-37-27)25-13-11-21(41-25)10-6-18-4-7-19(8-5-18)29(32,33)34/h4-5,7-9,11-13,16H,1-3,14-15,17,35H2,(H,36,37). The van der Waals surface area contributed by atoms with E-state index < -0.39 is 11.7 Å². The molecule has 4 aromatic rings. The van der Waals surface area contributed by atoms with Crippen LogP contribution in [0.25, 0.3) is 10.6 Å². The number of carbonyl (C=O) groups excluding carboxylic acids is 1. The molecular formula is C29H24Cl2F3N5OS. The van der Waals surface area contributed by atoms with Crippen molar-refractivity contribution in [3.8, 4) is 22.4 Å². The van der Waals surface area contributed by atoms with E-state index in [4.69, 9.17) is 28.9 Å². The van der Waals surface area contributed by atoms with Crippen molar-refractivity contribution in [3.05, 3.63) is 91.9 Å². The zero-order chi connectivity index (χ0) is 29.1. The normalized spacial score (nSPS) is 14.0. The second-order valence-corrected chi connectivity index (χ2v) is 11.3. The van der Waals surface area contributed by atoms with Crippen molar-refractivity contribution < 1.29 is 18.0 Å². The molecule has 1 fully saturated rings. The molecule has 0 bridgehead atoms. The van der Waals surface area contributed by atoms with E-state index in [0.717, 1.165) is 36.3 Å². The van der Waals surface area contributed by atoms with Crippen LogP contribution in [0.2, 0.25) is 10.0 Å². The van der Waals surface area contributed by atoms with Crippen LogP contribution in [-0.4, -0.2) is 34.2 Å². The van der Waals surface area contributed by atoms with Gasteiger partial charge in [0.1, 0.15) is 0 Å². The number of amides is 1. The number of aromatic nitrogens is 2. The Morgan fingerprint density at radius 3 is 2.44 bits per heavy atom. The van der Waals surface area contributed by atoms with Gasteiger partial charge in [0.05, 0.1) is 31.7 Å². The predicted octanol–water partition coefficient (Wildman–Crippen LogP) is 7.37. The highest BCUT2D eigenvalue weighted by Gasteiger charge is 2.32. The number of anilines is 1. The maximum Gasteiger partial charge on any atom is 0.416 e. The summed E-state index contributed by atoms with van der Waals surface area (Å²) in [7, 11) is 0. The molecular weight excluding hydrogens is 594 g/mol. The summed E-state index contributed by atoms with van der Waals surface area (Å²) in [6.45, 7) is 1.43. The number of halogens is 5. The first-order valence-corrected chi connectivity index (χ1v) is 14.3. The van der Waals surface area contributed by atoms with Gasteiger partial charge in [-0.3, -0.25) is 9.89 Å². The highest BCUT2D eigenvalue weighted by molar-refractivity contribution is 7.16. The van der Waals surface area contributed by atoms with Crippen LogP contribution in [0.15, 0.2) is 54.6 Å². The minimum Gasteiger partial charge on any atom is -0.326 e. The van der Waals surface area contributed by atoms with E-state index in [9.17, 15) is 18.0 Å². The van der Waals surface area contributed by atoms with Crippen LogP contribution in [0.5, 0.6) is 0 Å². The van der Waals surface area contributed by atoms with Crippen molar-refractivity contribution in [2.45, 2.75) is 32.0 Å². The third-order valence-corrected chi connectivity index (χ3v) is 8.17. The number of piperidine rings is 1. The van der Waals surface area contributed by atoms with Crippen molar-refractivity contribution in [1.29, 1.82) is 0 Å². The Morgan fingerprint density at radius 2 is 1.78 bits per heavy atom. The van der Waals surface area contributed by atoms with E-state index in [0.29, 0.717) is 50.5 Å². The van der Waals surface area contributed by atoms with Crippen LogP contribution in [-0.2, 0) is 12.7 Å². The number of rotatable bonds is 5. The highest BCUT2D eigenvalue weighted by atomic mass is 35.5. The molecule has 1 saturated heterocycles. The molecule has 0 spiro atoms. The van der Waals surface area contributed by atoms with Gasteiger partial charge in [-0.25, -0.2) is 10.0 Å². The first-order chi connectivity index (χ1) is 19.7. The largest absolute Gasteiger partial charge is 0.416 e. The summed E-state index contributed by atoms with van der Waals surface area (Å²) in [5.74, 6) is 5.51. The van der Waals surface area contributed by atoms with Crippen LogP contribution >= 0.6 is 34.5 Å². The number of H-pyrrole nitrogens is 1. The van der Waals surface area contributed by atoms with Crippen molar-refractivity contribution in [1.82, 2.24) is 15.2 Å². The van der Waals surface area contributed by atoms with E-state index in [-0.39, 0.29) is 18.1 Å². The molecule has 1 aliphatic heterocycles. The predicted molar refractivity (Wildman–Crippen MR) is 156 cm³/mol. The van der Waals surface area contributed by atoms with Crippen molar-refractivity contribution in [3.63, 3.8) is 0 Å². The van der Waals surface area contributed by atoms with Gasteiger partial charge >= 0.3 is 6.18 Å². The Morgan fingerprint density at radius 1 is 1.05 bits per heavy atom. The highest BCUT2D eigenvalue weighted by Crippen LogP contribution is 2.35. The number of aromatic amines is 1. The molecule has 2 aromatic carbocycles. The second-order valence-electron chi connectivity index (χ2n) is 9.35. The van der Waals surface area contributed by atoms with Crippen LogP contribution in [0.1, 0.15) is 51.3 Å². The van der Waals surface area contributed by atoms with Gasteiger partial charge in [0.15, 0.2) is 5.69 Å². The minimum atomic E-state index is -4.40. The topological polar surface area (TPSA) is 78.2 Å². The van der Waals surface area contributed by atoms with E-state index in [1.54, 1.807) is 29.3 Å². The third-order valence-electron chi connectivity index (χ3n) is 6.61. The van der Waals surface area contributed by atoms with Gasteiger partial charge in [-0.1, -0.05) is 41.5 Å². The average molecular weight is 619 g/mol. The number of alkyl halides is 3. The molecule has 0 unspecified atom stereocenters. The molecule has 0 aliphatic carbocycles. The summed E-state index contributed by atoms with van der Waals surface area (Å²) in [6, 6.07) is 13.3. The SMILES string of the molecule is NCc1c(C(=O)N(c2ccc(Cl)cc2Cl)N2CCCCC2)n[nH]c1-c1ccc(C#Cc2ccc(C(F)(F)F)cc2)s1. The van der Waals surface area contributed by atoms with Gasteiger partial charge in [0.25, 0.3) is 5.91 Å². The number of nitrogens with zero attached hydrogens (tertiary/aromatic N) is 3. The zero-order valence-corrected chi connectivity index (χ0v) is 23.9. The molecule has 12 heteroatoms. The molecule has 6 nitrogen and oxygen atoms in total. The Kier molecular flexibility index (Phi) is 8.73. The van der Waals surface area contributed by atoms with Gasteiger partial charge in [-0.05, 0) is 67.4 Å². The lowest BCUT2D eigenvalue weighted by Crippen LogP contribution is -2.49. The average Bonchev–Trinajstić information content (AvgIpc) is 3.60. The molecule has 0 saturated carbocycles. The van der Waals surface area contributed by atoms with Gasteiger partial charge in [0.2, 0.25) is 0 Å². The molecule has 0 atom stereocenters. The molecule has 5 rings (SSSR count). The molecule has 212 valence electrons. The fourth-order valence-electron chi connectivity index (χ4n) is 4.58. The Balaban J connectivity index is 1.43. The van der Waals surface area contributed by atoms with Crippen LogP contribution in [0.4, 0.5) is 18.9 Å². The number of hydrazine groups is 1. The molecule has 1 amide bonds. The maximum absolute atomic E-state index is 14.0. The molecule has 3 N–H and O–H groups in total. The number of carbonyl (C=O) groups is 1. The number of nitrogens with two attached hydrogens (primary N) is 1. The summed E-state index contributed by atoms with van der Waals surface area (Å²) < 4.78 is 38.5. The fraction of sp³-hybridized carbons (Fsp3) is 0.241. The summed E-state index contributed by atoms with van der Waals surface area (Å²) in [4.78, 5) is 15.5. The second kappa shape index (κ2) is 12.3. The van der Waals surface area contributed by atoms with Crippen LogP contribution in [0.3, 0.4) is 0 Å². The van der Waals surface area contributed by atoms with Crippen molar-refractivity contribution in [2.24, 2.45) is 5.73 Å². The molecule has 1 aliphatic rings. The zero-order valence-electron chi connectivity index (χ0n) is 21.6. The first kappa shape index (κ1) is 29.2. The Hall–Kier alpha value is -3.33. The van der Waals surface area contributed by atoms with Crippen molar-refractivity contribution >= 4 is 46.1 Å². The number of nitrogens with one attached hydrogen (secondary N) is 1.